The minimum Gasteiger partial charge on any atom is -0.496 e. The number of hydrogen-bond donors (Lipinski definition) is 1. The Morgan fingerprint density at radius 2 is 2.00 bits per heavy atom. The van der Waals surface area contributed by atoms with Crippen LogP contribution in [-0.4, -0.2) is 28.6 Å². The number of fused-ring (bicyclic) bond motifs is 3. The summed E-state index contributed by atoms with van der Waals surface area (Å²) in [5.41, 5.74) is 3.18. The second-order valence-electron chi connectivity index (χ2n) is 6.64. The largest absolute Gasteiger partial charge is 0.496 e. The zero-order chi connectivity index (χ0) is 20.3. The maximum absolute atomic E-state index is 11.5. The van der Waals surface area contributed by atoms with Gasteiger partial charge in [-0.15, -0.1) is 0 Å². The van der Waals surface area contributed by atoms with E-state index < -0.39 is 10.0 Å². The Morgan fingerprint density at radius 3 is 2.68 bits per heavy atom. The normalized spacial score (nSPS) is 15.2. The molecule has 0 fully saturated rings. The number of ether oxygens (including phenoxy) is 3. The molecule has 0 aromatic heterocycles. The molecule has 0 spiro atoms. The fraction of sp³-hybridized carbons (Fsp3) is 0.350. The summed E-state index contributed by atoms with van der Waals surface area (Å²) < 4.78 is 39.4. The first-order valence-corrected chi connectivity index (χ1v) is 10.6. The smallest absolute Gasteiger partial charge is 0.305 e. The van der Waals surface area contributed by atoms with Gasteiger partial charge in [0.1, 0.15) is 17.6 Å². The molecule has 2 aromatic carbocycles. The van der Waals surface area contributed by atoms with Crippen LogP contribution < -0.4 is 14.6 Å². The van der Waals surface area contributed by atoms with Gasteiger partial charge in [-0.05, 0) is 36.1 Å². The predicted molar refractivity (Wildman–Crippen MR) is 104 cm³/mol. The van der Waals surface area contributed by atoms with Gasteiger partial charge >= 0.3 is 5.97 Å². The second-order valence-corrected chi connectivity index (χ2v) is 8.25. The molecule has 28 heavy (non-hydrogen) atoms. The lowest BCUT2D eigenvalue weighted by Crippen LogP contribution is -2.18. The molecular formula is C20H23NO6S. The Kier molecular flexibility index (Phi) is 5.90. The highest BCUT2D eigenvalue weighted by atomic mass is 32.2. The Balaban J connectivity index is 2.00. The van der Waals surface area contributed by atoms with Gasteiger partial charge in [0.25, 0.3) is 0 Å². The number of esters is 1. The van der Waals surface area contributed by atoms with Crippen molar-refractivity contribution in [1.29, 1.82) is 0 Å². The SMILES string of the molecule is COC(=O)CCCC1Oc2cccc(OC)c2-c2ccc(CS(N)(=O)=O)cc21. The third-order valence-electron chi connectivity index (χ3n) is 4.65. The highest BCUT2D eigenvalue weighted by Gasteiger charge is 2.29. The van der Waals surface area contributed by atoms with Crippen molar-refractivity contribution in [3.8, 4) is 22.6 Å². The average molecular weight is 405 g/mol. The third-order valence-corrected chi connectivity index (χ3v) is 5.39. The van der Waals surface area contributed by atoms with Crippen molar-refractivity contribution in [3.05, 3.63) is 47.5 Å². The van der Waals surface area contributed by atoms with E-state index in [2.05, 4.69) is 0 Å². The van der Waals surface area contributed by atoms with E-state index in [4.69, 9.17) is 19.3 Å². The molecule has 2 N–H and O–H groups in total. The van der Waals surface area contributed by atoms with Crippen LogP contribution in [0, 0.1) is 0 Å². The Hall–Kier alpha value is -2.58. The number of carbonyl (C=O) groups is 1. The van der Waals surface area contributed by atoms with Crippen LogP contribution in [0.2, 0.25) is 0 Å². The van der Waals surface area contributed by atoms with Crippen LogP contribution in [0.4, 0.5) is 0 Å². The van der Waals surface area contributed by atoms with Crippen LogP contribution in [0.1, 0.15) is 36.5 Å². The van der Waals surface area contributed by atoms with Gasteiger partial charge in [0.05, 0.1) is 25.5 Å². The first-order valence-electron chi connectivity index (χ1n) is 8.86. The zero-order valence-corrected chi connectivity index (χ0v) is 16.6. The van der Waals surface area contributed by atoms with Crippen molar-refractivity contribution in [2.45, 2.75) is 31.1 Å². The van der Waals surface area contributed by atoms with Gasteiger partial charge < -0.3 is 14.2 Å². The van der Waals surface area contributed by atoms with Crippen molar-refractivity contribution >= 4 is 16.0 Å². The van der Waals surface area contributed by atoms with Crippen molar-refractivity contribution in [2.24, 2.45) is 5.14 Å². The van der Waals surface area contributed by atoms with E-state index in [9.17, 15) is 13.2 Å². The van der Waals surface area contributed by atoms with Crippen LogP contribution >= 0.6 is 0 Å². The van der Waals surface area contributed by atoms with E-state index in [1.165, 1.54) is 7.11 Å². The van der Waals surface area contributed by atoms with Crippen LogP contribution in [0.5, 0.6) is 11.5 Å². The molecule has 0 saturated carbocycles. The summed E-state index contributed by atoms with van der Waals surface area (Å²) >= 11 is 0. The molecule has 1 unspecified atom stereocenters. The number of carbonyl (C=O) groups excluding carboxylic acids is 1. The van der Waals surface area contributed by atoms with Crippen molar-refractivity contribution in [3.63, 3.8) is 0 Å². The molecular weight excluding hydrogens is 382 g/mol. The lowest BCUT2D eigenvalue weighted by atomic mass is 9.89. The van der Waals surface area contributed by atoms with Gasteiger partial charge in [-0.1, -0.05) is 24.3 Å². The van der Waals surface area contributed by atoms with Gasteiger partial charge in [-0.25, -0.2) is 13.6 Å². The van der Waals surface area contributed by atoms with Crippen molar-refractivity contribution in [2.75, 3.05) is 14.2 Å². The molecule has 1 heterocycles. The zero-order valence-electron chi connectivity index (χ0n) is 15.8. The van der Waals surface area contributed by atoms with E-state index in [0.29, 0.717) is 29.9 Å². The molecule has 1 atom stereocenters. The number of primary sulfonamides is 1. The summed E-state index contributed by atoms with van der Waals surface area (Å²) in [6, 6.07) is 11.0. The maximum atomic E-state index is 11.5. The standard InChI is InChI=1S/C20H23NO6S/c1-25-17-6-3-7-18-20(17)14-10-9-13(12-28(21,23)24)11-15(14)16(27-18)5-4-8-19(22)26-2/h3,6-7,9-11,16H,4-5,8,12H2,1-2H3,(H2,21,23,24). The second kappa shape index (κ2) is 8.20. The predicted octanol–water partition coefficient (Wildman–Crippen LogP) is 2.93. The molecule has 150 valence electrons. The van der Waals surface area contributed by atoms with Gasteiger partial charge in [0.15, 0.2) is 0 Å². The summed E-state index contributed by atoms with van der Waals surface area (Å²) in [6.07, 6.45) is 1.13. The van der Waals surface area contributed by atoms with E-state index >= 15 is 0 Å². The van der Waals surface area contributed by atoms with E-state index in [1.54, 1.807) is 19.2 Å². The average Bonchev–Trinajstić information content (AvgIpc) is 2.65. The number of rotatable bonds is 7. The molecule has 2 aromatic rings. The highest BCUT2D eigenvalue weighted by Crippen LogP contribution is 2.48. The van der Waals surface area contributed by atoms with Gasteiger partial charge in [0.2, 0.25) is 10.0 Å². The van der Waals surface area contributed by atoms with E-state index in [1.807, 2.05) is 24.3 Å². The van der Waals surface area contributed by atoms with Crippen LogP contribution in [-0.2, 0) is 25.3 Å². The Labute approximate surface area is 164 Å². The van der Waals surface area contributed by atoms with Crippen LogP contribution in [0.3, 0.4) is 0 Å². The molecule has 0 aliphatic carbocycles. The van der Waals surface area contributed by atoms with E-state index in [-0.39, 0.29) is 24.2 Å². The summed E-state index contributed by atoms with van der Waals surface area (Å²) in [7, 11) is -0.704. The molecule has 7 nitrogen and oxygen atoms in total. The molecule has 8 heteroatoms. The molecule has 1 aliphatic rings. The number of nitrogens with two attached hydrogens (primary N) is 1. The maximum Gasteiger partial charge on any atom is 0.305 e. The monoisotopic (exact) mass is 405 g/mol. The minimum atomic E-state index is -3.65. The number of hydrogen-bond acceptors (Lipinski definition) is 6. The molecule has 0 amide bonds. The molecule has 0 saturated heterocycles. The summed E-state index contributed by atoms with van der Waals surface area (Å²) in [5.74, 6) is 0.828. The van der Waals surface area contributed by atoms with E-state index in [0.717, 1.165) is 16.7 Å². The fourth-order valence-electron chi connectivity index (χ4n) is 3.44. The first-order chi connectivity index (χ1) is 13.3. The van der Waals surface area contributed by atoms with Crippen LogP contribution in [0.15, 0.2) is 36.4 Å². The molecule has 0 bridgehead atoms. The summed E-state index contributed by atoms with van der Waals surface area (Å²) in [5, 5.41) is 5.20. The fourth-order valence-corrected chi connectivity index (χ4v) is 4.08. The number of benzene rings is 2. The lowest BCUT2D eigenvalue weighted by Gasteiger charge is -2.30. The summed E-state index contributed by atoms with van der Waals surface area (Å²) in [4.78, 5) is 11.4. The minimum absolute atomic E-state index is 0.256. The highest BCUT2D eigenvalue weighted by molar-refractivity contribution is 7.88. The molecule has 0 radical (unpaired) electrons. The van der Waals surface area contributed by atoms with Crippen molar-refractivity contribution < 1.29 is 27.4 Å². The number of methoxy groups -OCH3 is 2. The third kappa shape index (κ3) is 4.45. The molecule has 3 rings (SSSR count). The molecule has 1 aliphatic heterocycles. The van der Waals surface area contributed by atoms with Crippen molar-refractivity contribution in [1.82, 2.24) is 0 Å². The summed E-state index contributed by atoms with van der Waals surface area (Å²) in [6.45, 7) is 0. The lowest BCUT2D eigenvalue weighted by molar-refractivity contribution is -0.140. The Morgan fingerprint density at radius 1 is 1.21 bits per heavy atom. The van der Waals surface area contributed by atoms with Gasteiger partial charge in [-0.3, -0.25) is 4.79 Å². The van der Waals surface area contributed by atoms with Gasteiger partial charge in [-0.2, -0.15) is 0 Å². The quantitative estimate of drug-likeness (QED) is 0.710. The Bertz CT molecular complexity index is 986. The number of sulfonamides is 1. The first kappa shape index (κ1) is 20.2. The van der Waals surface area contributed by atoms with Crippen LogP contribution in [0.25, 0.3) is 11.1 Å². The topological polar surface area (TPSA) is 105 Å². The van der Waals surface area contributed by atoms with Gasteiger partial charge in [0, 0.05) is 12.0 Å².